The Balaban J connectivity index is 3.06. The average Bonchev–Trinajstić information content (AvgIpc) is 2.67. The number of rotatable bonds is 6. The van der Waals surface area contributed by atoms with Crippen molar-refractivity contribution in [2.45, 2.75) is 39.3 Å². The summed E-state index contributed by atoms with van der Waals surface area (Å²) >= 11 is 6.13. The van der Waals surface area contributed by atoms with E-state index in [4.69, 9.17) is 16.3 Å². The van der Waals surface area contributed by atoms with E-state index in [-0.39, 0.29) is 5.92 Å². The maximum atomic E-state index is 10.6. The molecule has 0 amide bonds. The van der Waals surface area contributed by atoms with E-state index in [9.17, 15) is 5.11 Å². The van der Waals surface area contributed by atoms with Crippen LogP contribution < -0.4 is 0 Å². The van der Waals surface area contributed by atoms with Gasteiger partial charge in [0.05, 0.1) is 30.1 Å². The molecule has 0 saturated carbocycles. The standard InChI is InChI=1S/C12H21ClN2O2/c1-5-9(2)12(3,16)11-10(13)8-14-15(11)6-7-17-4/h8-9,16H,5-7H2,1-4H3. The first kappa shape index (κ1) is 14.5. The number of ether oxygens (including phenoxy) is 1. The van der Waals surface area contributed by atoms with Crippen LogP contribution in [-0.4, -0.2) is 28.6 Å². The number of methoxy groups -OCH3 is 1. The summed E-state index contributed by atoms with van der Waals surface area (Å²) in [5, 5.41) is 15.3. The van der Waals surface area contributed by atoms with Gasteiger partial charge in [-0.2, -0.15) is 5.10 Å². The van der Waals surface area contributed by atoms with Crippen LogP contribution in [0.5, 0.6) is 0 Å². The molecule has 1 N–H and O–H groups in total. The average molecular weight is 261 g/mol. The molecule has 5 heteroatoms. The zero-order chi connectivity index (χ0) is 13.1. The largest absolute Gasteiger partial charge is 0.384 e. The Kier molecular flexibility index (Phi) is 4.98. The SMILES string of the molecule is CCC(C)C(C)(O)c1c(Cl)cnn1CCOC. The Morgan fingerprint density at radius 2 is 2.29 bits per heavy atom. The van der Waals surface area contributed by atoms with E-state index < -0.39 is 5.60 Å². The molecule has 0 radical (unpaired) electrons. The third-order valence-electron chi connectivity index (χ3n) is 3.35. The lowest BCUT2D eigenvalue weighted by Gasteiger charge is -2.30. The van der Waals surface area contributed by atoms with E-state index in [0.717, 1.165) is 6.42 Å². The summed E-state index contributed by atoms with van der Waals surface area (Å²) in [7, 11) is 1.64. The molecule has 1 aromatic heterocycles. The minimum atomic E-state index is -0.976. The highest BCUT2D eigenvalue weighted by molar-refractivity contribution is 6.31. The molecule has 0 aromatic carbocycles. The van der Waals surface area contributed by atoms with Crippen molar-refractivity contribution in [3.63, 3.8) is 0 Å². The molecule has 0 spiro atoms. The fraction of sp³-hybridized carbons (Fsp3) is 0.750. The molecular weight excluding hydrogens is 240 g/mol. The van der Waals surface area contributed by atoms with E-state index in [1.807, 2.05) is 13.8 Å². The molecule has 0 aliphatic rings. The van der Waals surface area contributed by atoms with Gasteiger partial charge in [0, 0.05) is 7.11 Å². The van der Waals surface area contributed by atoms with Crippen LogP contribution in [0.2, 0.25) is 5.02 Å². The number of aromatic nitrogens is 2. The van der Waals surface area contributed by atoms with Crippen LogP contribution in [0.4, 0.5) is 0 Å². The predicted octanol–water partition coefficient (Wildman–Crippen LogP) is 2.44. The van der Waals surface area contributed by atoms with Crippen LogP contribution in [0.1, 0.15) is 32.9 Å². The van der Waals surface area contributed by atoms with Crippen LogP contribution in [0.3, 0.4) is 0 Å². The van der Waals surface area contributed by atoms with E-state index in [2.05, 4.69) is 5.10 Å². The number of hydrogen-bond acceptors (Lipinski definition) is 3. The maximum absolute atomic E-state index is 10.6. The fourth-order valence-electron chi connectivity index (χ4n) is 1.84. The summed E-state index contributed by atoms with van der Waals surface area (Å²) in [6.07, 6.45) is 2.45. The Labute approximate surface area is 108 Å². The van der Waals surface area contributed by atoms with Gasteiger partial charge in [-0.1, -0.05) is 31.9 Å². The highest BCUT2D eigenvalue weighted by Crippen LogP contribution is 2.35. The van der Waals surface area contributed by atoms with Gasteiger partial charge in [0.25, 0.3) is 0 Å². The zero-order valence-electron chi connectivity index (χ0n) is 10.9. The van der Waals surface area contributed by atoms with Gasteiger partial charge in [-0.3, -0.25) is 4.68 Å². The second kappa shape index (κ2) is 5.85. The monoisotopic (exact) mass is 260 g/mol. The molecule has 1 heterocycles. The first-order valence-corrected chi connectivity index (χ1v) is 6.26. The Hall–Kier alpha value is -0.580. The lowest BCUT2D eigenvalue weighted by Crippen LogP contribution is -2.33. The molecule has 1 aromatic rings. The molecule has 0 fully saturated rings. The van der Waals surface area contributed by atoms with Crippen molar-refractivity contribution in [3.8, 4) is 0 Å². The molecule has 4 nitrogen and oxygen atoms in total. The summed E-state index contributed by atoms with van der Waals surface area (Å²) in [5.74, 6) is 0.109. The van der Waals surface area contributed by atoms with Crippen molar-refractivity contribution in [1.82, 2.24) is 9.78 Å². The molecular formula is C12H21ClN2O2. The summed E-state index contributed by atoms with van der Waals surface area (Å²) in [6.45, 7) is 6.97. The van der Waals surface area contributed by atoms with E-state index in [0.29, 0.717) is 23.9 Å². The zero-order valence-corrected chi connectivity index (χ0v) is 11.7. The normalized spacial score (nSPS) is 16.8. The summed E-state index contributed by atoms with van der Waals surface area (Å²) in [6, 6.07) is 0. The minimum absolute atomic E-state index is 0.109. The Morgan fingerprint density at radius 3 is 2.82 bits per heavy atom. The molecule has 17 heavy (non-hydrogen) atoms. The number of nitrogens with zero attached hydrogens (tertiary/aromatic N) is 2. The molecule has 1 rings (SSSR count). The number of halogens is 1. The lowest BCUT2D eigenvalue weighted by atomic mass is 9.85. The van der Waals surface area contributed by atoms with Crippen LogP contribution in [-0.2, 0) is 16.9 Å². The van der Waals surface area contributed by atoms with Gasteiger partial charge in [0.15, 0.2) is 0 Å². The Morgan fingerprint density at radius 1 is 1.65 bits per heavy atom. The molecule has 0 aliphatic heterocycles. The predicted molar refractivity (Wildman–Crippen MR) is 68.1 cm³/mol. The second-order valence-corrected chi connectivity index (χ2v) is 4.92. The maximum Gasteiger partial charge on any atom is 0.107 e. The highest BCUT2D eigenvalue weighted by Gasteiger charge is 2.34. The molecule has 0 saturated heterocycles. The van der Waals surface area contributed by atoms with Gasteiger partial charge in [-0.25, -0.2) is 0 Å². The van der Waals surface area contributed by atoms with Gasteiger partial charge >= 0.3 is 0 Å². The first-order chi connectivity index (χ1) is 7.95. The van der Waals surface area contributed by atoms with Crippen molar-refractivity contribution in [3.05, 3.63) is 16.9 Å². The third-order valence-corrected chi connectivity index (χ3v) is 3.63. The number of hydrogen-bond donors (Lipinski definition) is 1. The van der Waals surface area contributed by atoms with Crippen LogP contribution in [0.15, 0.2) is 6.20 Å². The van der Waals surface area contributed by atoms with Crippen molar-refractivity contribution in [2.24, 2.45) is 5.92 Å². The summed E-state index contributed by atoms with van der Waals surface area (Å²) in [4.78, 5) is 0. The van der Waals surface area contributed by atoms with Crippen LogP contribution in [0.25, 0.3) is 0 Å². The lowest BCUT2D eigenvalue weighted by molar-refractivity contribution is -0.00903. The van der Waals surface area contributed by atoms with Gasteiger partial charge in [0.1, 0.15) is 5.60 Å². The van der Waals surface area contributed by atoms with Crippen molar-refractivity contribution < 1.29 is 9.84 Å². The molecule has 0 aliphatic carbocycles. The van der Waals surface area contributed by atoms with Gasteiger partial charge in [-0.05, 0) is 12.8 Å². The van der Waals surface area contributed by atoms with Crippen molar-refractivity contribution in [1.29, 1.82) is 0 Å². The summed E-state index contributed by atoms with van der Waals surface area (Å²) in [5.41, 5.74) is -0.304. The Bertz CT molecular complexity index is 363. The summed E-state index contributed by atoms with van der Waals surface area (Å²) < 4.78 is 6.74. The van der Waals surface area contributed by atoms with E-state index >= 15 is 0 Å². The quantitative estimate of drug-likeness (QED) is 0.855. The molecule has 98 valence electrons. The number of aliphatic hydroxyl groups is 1. The highest BCUT2D eigenvalue weighted by atomic mass is 35.5. The van der Waals surface area contributed by atoms with Gasteiger partial charge < -0.3 is 9.84 Å². The van der Waals surface area contributed by atoms with Gasteiger partial charge in [0.2, 0.25) is 0 Å². The third kappa shape index (κ3) is 3.00. The van der Waals surface area contributed by atoms with Crippen molar-refractivity contribution >= 4 is 11.6 Å². The topological polar surface area (TPSA) is 47.3 Å². The van der Waals surface area contributed by atoms with E-state index in [1.54, 1.807) is 24.9 Å². The van der Waals surface area contributed by atoms with Gasteiger partial charge in [-0.15, -0.1) is 0 Å². The molecule has 2 atom stereocenters. The van der Waals surface area contributed by atoms with Crippen LogP contribution >= 0.6 is 11.6 Å². The molecule has 0 bridgehead atoms. The first-order valence-electron chi connectivity index (χ1n) is 5.88. The van der Waals surface area contributed by atoms with E-state index in [1.165, 1.54) is 0 Å². The molecule has 2 unspecified atom stereocenters. The smallest absolute Gasteiger partial charge is 0.107 e. The van der Waals surface area contributed by atoms with Crippen LogP contribution in [0, 0.1) is 5.92 Å². The van der Waals surface area contributed by atoms with Crippen molar-refractivity contribution in [2.75, 3.05) is 13.7 Å². The fourth-order valence-corrected chi connectivity index (χ4v) is 2.18. The minimum Gasteiger partial charge on any atom is -0.384 e. The second-order valence-electron chi connectivity index (χ2n) is 4.51.